The average Bonchev–Trinajstić information content (AvgIpc) is 2.52. The summed E-state index contributed by atoms with van der Waals surface area (Å²) in [6.07, 6.45) is 0. The highest BCUT2D eigenvalue weighted by molar-refractivity contribution is 7.51. The zero-order valence-electron chi connectivity index (χ0n) is 12.7. The summed E-state index contributed by atoms with van der Waals surface area (Å²) in [5.41, 5.74) is 0. The molecule has 20 heavy (non-hydrogen) atoms. The Labute approximate surface area is 120 Å². The van der Waals surface area contributed by atoms with Crippen LogP contribution in [-0.2, 0) is 27.1 Å². The molecule has 0 heterocycles. The van der Waals surface area contributed by atoms with E-state index in [9.17, 15) is 0 Å². The summed E-state index contributed by atoms with van der Waals surface area (Å²) in [5.74, 6) is 5.63. The van der Waals surface area contributed by atoms with Gasteiger partial charge >= 0.3 is 15.5 Å². The summed E-state index contributed by atoms with van der Waals surface area (Å²) < 4.78 is 38.9. The third-order valence-electron chi connectivity index (χ3n) is 2.16. The van der Waals surface area contributed by atoms with Crippen LogP contribution in [0.2, 0.25) is 0 Å². The van der Waals surface area contributed by atoms with Crippen LogP contribution in [0.25, 0.3) is 0 Å². The fraction of sp³-hybridized carbons (Fsp3) is 0.800. The summed E-state index contributed by atoms with van der Waals surface area (Å²) in [6, 6.07) is 0. The van der Waals surface area contributed by atoms with Crippen LogP contribution < -0.4 is 0 Å². The van der Waals surface area contributed by atoms with E-state index in [1.807, 2.05) is 0 Å². The monoisotopic (exact) mass is 328 g/mol. The maximum atomic E-state index is 5.10. The van der Waals surface area contributed by atoms with Crippen molar-refractivity contribution in [3.05, 3.63) is 0 Å². The van der Waals surface area contributed by atoms with Gasteiger partial charge in [-0.25, -0.2) is 9.49 Å². The Morgan fingerprint density at radius 2 is 0.850 bits per heavy atom. The lowest BCUT2D eigenvalue weighted by Gasteiger charge is -2.16. The molecule has 0 bridgehead atoms. The molecule has 0 fully saturated rings. The van der Waals surface area contributed by atoms with Crippen molar-refractivity contribution in [2.45, 2.75) is 0 Å². The van der Waals surface area contributed by atoms with E-state index >= 15 is 0 Å². The number of rotatable bonds is 8. The molecule has 0 N–H and O–H groups in total. The molecule has 10 heteroatoms. The molecule has 118 valence electrons. The van der Waals surface area contributed by atoms with Crippen molar-refractivity contribution < 1.29 is 27.1 Å². The Hall–Kier alpha value is -0.220. The topological polar surface area (TPSA) is 80.1 Å². The van der Waals surface area contributed by atoms with E-state index in [2.05, 4.69) is 21.3 Å². The number of hydrogen-bond donors (Lipinski definition) is 0. The van der Waals surface area contributed by atoms with Crippen molar-refractivity contribution in [3.8, 4) is 11.8 Å². The largest absolute Gasteiger partial charge is 0.355 e. The van der Waals surface area contributed by atoms with E-state index < -0.39 is 15.5 Å². The Balaban J connectivity index is 4.66. The van der Waals surface area contributed by atoms with Crippen molar-refractivity contribution in [1.29, 1.82) is 0 Å². The highest BCUT2D eigenvalue weighted by atomic mass is 31.2. The molecule has 0 unspecified atom stereocenters. The molecule has 0 rings (SSSR count). The first-order valence-electron chi connectivity index (χ1n) is 5.53. The van der Waals surface area contributed by atoms with Gasteiger partial charge in [-0.05, 0) is 0 Å². The molecule has 0 aliphatic rings. The molecular weight excluding hydrogens is 306 g/mol. The second-order valence-electron chi connectivity index (χ2n) is 2.99. The first kappa shape index (κ1) is 19.8. The van der Waals surface area contributed by atoms with Gasteiger partial charge in [0.1, 0.15) is 13.1 Å². The molecular formula is C10H22N2O6P2. The van der Waals surface area contributed by atoms with Gasteiger partial charge in [0.25, 0.3) is 0 Å². The number of hydrogen-bond acceptors (Lipinski definition) is 8. The molecule has 0 spiro atoms. The lowest BCUT2D eigenvalue weighted by molar-refractivity contribution is 0.223. The minimum absolute atomic E-state index is 0.219. The zero-order chi connectivity index (χ0) is 15.5. The molecule has 0 radical (unpaired) electrons. The third kappa shape index (κ3) is 6.04. The molecule has 0 aliphatic carbocycles. The van der Waals surface area contributed by atoms with Gasteiger partial charge in [-0.2, -0.15) is 0 Å². The lowest BCUT2D eigenvalue weighted by atomic mass is 10.6. The van der Waals surface area contributed by atoms with Gasteiger partial charge in [-0.15, -0.1) is 0 Å². The summed E-state index contributed by atoms with van der Waals surface area (Å²) in [6.45, 7) is 0.439. The van der Waals surface area contributed by atoms with Crippen molar-refractivity contribution in [2.24, 2.45) is 9.49 Å². The summed E-state index contributed by atoms with van der Waals surface area (Å²) in [5, 5.41) is 0. The first-order valence-corrected chi connectivity index (χ1v) is 8.53. The molecule has 0 aromatic carbocycles. The molecule has 0 aromatic heterocycles. The zero-order valence-corrected chi connectivity index (χ0v) is 14.4. The van der Waals surface area contributed by atoms with Crippen LogP contribution in [0.1, 0.15) is 0 Å². The SMILES string of the molecule is COP(=NCC#CCN=P(OC)(OC)OC)(OC)OC. The fourth-order valence-corrected chi connectivity index (χ4v) is 3.22. The predicted octanol–water partition coefficient (Wildman–Crippen LogP) is 2.76. The predicted molar refractivity (Wildman–Crippen MR) is 78.3 cm³/mol. The molecule has 0 saturated heterocycles. The van der Waals surface area contributed by atoms with Crippen molar-refractivity contribution >= 4 is 15.5 Å². The average molecular weight is 328 g/mol. The molecule has 0 aromatic rings. The van der Waals surface area contributed by atoms with E-state index in [-0.39, 0.29) is 13.1 Å². The van der Waals surface area contributed by atoms with E-state index in [1.165, 1.54) is 42.7 Å². The molecule has 0 aliphatic heterocycles. The van der Waals surface area contributed by atoms with Crippen LogP contribution in [0.3, 0.4) is 0 Å². The maximum absolute atomic E-state index is 5.10. The van der Waals surface area contributed by atoms with Crippen molar-refractivity contribution in [2.75, 3.05) is 55.7 Å². The molecule has 8 nitrogen and oxygen atoms in total. The Kier molecular flexibility index (Phi) is 10.4. The Bertz CT molecular complexity index is 367. The third-order valence-corrected chi connectivity index (χ3v) is 5.90. The fourth-order valence-electron chi connectivity index (χ4n) is 1.15. The van der Waals surface area contributed by atoms with E-state index in [1.54, 1.807) is 0 Å². The van der Waals surface area contributed by atoms with Crippen LogP contribution in [0.5, 0.6) is 0 Å². The summed E-state index contributed by atoms with van der Waals surface area (Å²) in [7, 11) is 3.62. The standard InChI is InChI=1S/C10H22N2O6P2/c1-13-19(14-2,15-3)11-9-7-8-10-12-20(16-4,17-5)18-6/h9-10H2,1-6H3. The molecule has 0 amide bonds. The van der Waals surface area contributed by atoms with Gasteiger partial charge in [0, 0.05) is 42.7 Å². The van der Waals surface area contributed by atoms with Gasteiger partial charge in [0.05, 0.1) is 0 Å². The second-order valence-corrected chi connectivity index (χ2v) is 7.62. The van der Waals surface area contributed by atoms with Gasteiger partial charge in [-0.1, -0.05) is 11.8 Å². The van der Waals surface area contributed by atoms with Crippen molar-refractivity contribution in [3.63, 3.8) is 0 Å². The summed E-state index contributed by atoms with van der Waals surface area (Å²) >= 11 is 0. The van der Waals surface area contributed by atoms with E-state index in [0.29, 0.717) is 0 Å². The Morgan fingerprint density at radius 1 is 0.600 bits per heavy atom. The van der Waals surface area contributed by atoms with E-state index in [0.717, 1.165) is 0 Å². The van der Waals surface area contributed by atoms with Crippen LogP contribution in [0.4, 0.5) is 0 Å². The Morgan fingerprint density at radius 3 is 1.05 bits per heavy atom. The maximum Gasteiger partial charge on any atom is 0.355 e. The highest BCUT2D eigenvalue weighted by Crippen LogP contribution is 2.51. The second kappa shape index (κ2) is 10.5. The highest BCUT2D eigenvalue weighted by Gasteiger charge is 2.17. The lowest BCUT2D eigenvalue weighted by Crippen LogP contribution is -1.93. The van der Waals surface area contributed by atoms with Crippen LogP contribution in [0, 0.1) is 11.8 Å². The van der Waals surface area contributed by atoms with Crippen LogP contribution in [-0.4, -0.2) is 55.7 Å². The van der Waals surface area contributed by atoms with Crippen LogP contribution >= 0.6 is 15.5 Å². The van der Waals surface area contributed by atoms with Crippen LogP contribution in [0.15, 0.2) is 9.49 Å². The minimum Gasteiger partial charge on any atom is -0.306 e. The molecule has 0 saturated carbocycles. The molecule has 0 atom stereocenters. The van der Waals surface area contributed by atoms with E-state index in [4.69, 9.17) is 27.1 Å². The van der Waals surface area contributed by atoms with Gasteiger partial charge in [-0.3, -0.25) is 0 Å². The summed E-state index contributed by atoms with van der Waals surface area (Å²) in [4.78, 5) is 0. The first-order chi connectivity index (χ1) is 9.57. The minimum atomic E-state index is -2.61. The van der Waals surface area contributed by atoms with Gasteiger partial charge in [0.2, 0.25) is 0 Å². The van der Waals surface area contributed by atoms with Crippen molar-refractivity contribution in [1.82, 2.24) is 0 Å². The normalized spacial score (nSPS) is 11.7. The van der Waals surface area contributed by atoms with Gasteiger partial charge in [0.15, 0.2) is 0 Å². The number of nitrogens with zero attached hydrogens (tertiary/aromatic N) is 2. The quantitative estimate of drug-likeness (QED) is 0.503. The van der Waals surface area contributed by atoms with Gasteiger partial charge < -0.3 is 27.1 Å². The smallest absolute Gasteiger partial charge is 0.306 e.